The van der Waals surface area contributed by atoms with Gasteiger partial charge in [0.1, 0.15) is 16.8 Å². The molecule has 3 heterocycles. The van der Waals surface area contributed by atoms with Crippen molar-refractivity contribution in [3.63, 3.8) is 0 Å². The second-order valence-corrected chi connectivity index (χ2v) is 9.84. The SMILES string of the molecule is COc1ccc(Cn2cc(N3C(=O)c4ccn(C(C)C)c4C3c3ccc(C)cc3)cc(Cl)c2=O)cc1. The molecule has 2 aromatic carbocycles. The molecular weight excluding hydrogens is 474 g/mol. The molecule has 6 nitrogen and oxygen atoms in total. The molecule has 2 aromatic heterocycles. The fraction of sp³-hybridized carbons (Fsp3) is 0.241. The molecule has 0 N–H and O–H groups in total. The largest absolute Gasteiger partial charge is 0.497 e. The van der Waals surface area contributed by atoms with Crippen molar-refractivity contribution in [1.82, 2.24) is 9.13 Å². The van der Waals surface area contributed by atoms with E-state index in [1.807, 2.05) is 43.5 Å². The van der Waals surface area contributed by atoms with Crippen LogP contribution in [0.25, 0.3) is 0 Å². The average Bonchev–Trinajstić information content (AvgIpc) is 3.42. The van der Waals surface area contributed by atoms with Crippen molar-refractivity contribution in [3.05, 3.63) is 116 Å². The van der Waals surface area contributed by atoms with Gasteiger partial charge in [-0.25, -0.2) is 0 Å². The Hall–Kier alpha value is -3.77. The molecule has 0 saturated heterocycles. The molecule has 1 aliphatic heterocycles. The maximum atomic E-state index is 13.8. The van der Waals surface area contributed by atoms with Crippen LogP contribution in [-0.2, 0) is 6.54 Å². The minimum Gasteiger partial charge on any atom is -0.497 e. The van der Waals surface area contributed by atoms with Crippen LogP contribution in [0.2, 0.25) is 5.02 Å². The van der Waals surface area contributed by atoms with Gasteiger partial charge in [0, 0.05) is 18.4 Å². The van der Waals surface area contributed by atoms with E-state index in [-0.39, 0.29) is 28.6 Å². The van der Waals surface area contributed by atoms with Gasteiger partial charge in [0.25, 0.3) is 11.5 Å². The third-order valence-corrected chi connectivity index (χ3v) is 6.96. The number of amides is 1. The molecule has 0 bridgehead atoms. The van der Waals surface area contributed by atoms with Gasteiger partial charge in [-0.3, -0.25) is 14.5 Å². The Balaban J connectivity index is 1.63. The van der Waals surface area contributed by atoms with Gasteiger partial charge >= 0.3 is 0 Å². The summed E-state index contributed by atoms with van der Waals surface area (Å²) in [5, 5.41) is 0.0692. The highest BCUT2D eigenvalue weighted by atomic mass is 35.5. The van der Waals surface area contributed by atoms with Crippen LogP contribution in [0.15, 0.2) is 77.9 Å². The first-order valence-corrected chi connectivity index (χ1v) is 12.3. The molecule has 5 rings (SSSR count). The van der Waals surface area contributed by atoms with Crippen LogP contribution in [0.3, 0.4) is 0 Å². The highest BCUT2D eigenvalue weighted by Crippen LogP contribution is 2.43. The number of benzene rings is 2. The van der Waals surface area contributed by atoms with Gasteiger partial charge in [0.05, 0.1) is 30.6 Å². The number of aryl methyl sites for hydroxylation is 1. The van der Waals surface area contributed by atoms with Crippen molar-refractivity contribution in [1.29, 1.82) is 0 Å². The normalized spacial score (nSPS) is 15.0. The summed E-state index contributed by atoms with van der Waals surface area (Å²) in [5.74, 6) is 0.630. The summed E-state index contributed by atoms with van der Waals surface area (Å²) in [4.78, 5) is 28.5. The number of hydrogen-bond donors (Lipinski definition) is 0. The predicted molar refractivity (Wildman–Crippen MR) is 142 cm³/mol. The number of carbonyl (C=O) groups excluding carboxylic acids is 1. The molecule has 0 spiro atoms. The number of methoxy groups -OCH3 is 1. The number of carbonyl (C=O) groups is 1. The topological polar surface area (TPSA) is 56.5 Å². The van der Waals surface area contributed by atoms with E-state index in [4.69, 9.17) is 16.3 Å². The van der Waals surface area contributed by atoms with Gasteiger partial charge in [-0.05, 0) is 56.2 Å². The van der Waals surface area contributed by atoms with Crippen LogP contribution < -0.4 is 15.2 Å². The third kappa shape index (κ3) is 4.11. The quantitative estimate of drug-likeness (QED) is 0.325. The summed E-state index contributed by atoms with van der Waals surface area (Å²) in [6, 6.07) is 19.1. The fourth-order valence-corrected chi connectivity index (χ4v) is 5.05. The van der Waals surface area contributed by atoms with Crippen molar-refractivity contribution < 1.29 is 9.53 Å². The summed E-state index contributed by atoms with van der Waals surface area (Å²) < 4.78 is 8.94. The molecule has 1 atom stereocenters. The van der Waals surface area contributed by atoms with Crippen molar-refractivity contribution >= 4 is 23.2 Å². The summed E-state index contributed by atoms with van der Waals surface area (Å²) in [5.41, 5.74) is 4.95. The molecule has 0 saturated carbocycles. The number of rotatable bonds is 6. The molecule has 36 heavy (non-hydrogen) atoms. The number of anilines is 1. The Labute approximate surface area is 215 Å². The third-order valence-electron chi connectivity index (χ3n) is 6.69. The molecule has 1 aliphatic rings. The van der Waals surface area contributed by atoms with E-state index in [2.05, 4.69) is 42.7 Å². The first-order chi connectivity index (χ1) is 17.3. The highest BCUT2D eigenvalue weighted by molar-refractivity contribution is 6.30. The number of ether oxygens (including phenoxy) is 1. The lowest BCUT2D eigenvalue weighted by molar-refractivity contribution is 0.0993. The Morgan fingerprint density at radius 1 is 1.00 bits per heavy atom. The smallest absolute Gasteiger partial charge is 0.269 e. The van der Waals surface area contributed by atoms with Gasteiger partial charge < -0.3 is 13.9 Å². The van der Waals surface area contributed by atoms with E-state index in [0.717, 1.165) is 28.1 Å². The highest BCUT2D eigenvalue weighted by Gasteiger charge is 2.42. The van der Waals surface area contributed by atoms with E-state index in [9.17, 15) is 9.59 Å². The number of fused-ring (bicyclic) bond motifs is 1. The van der Waals surface area contributed by atoms with Crippen LogP contribution in [0.5, 0.6) is 5.75 Å². The van der Waals surface area contributed by atoms with Crippen LogP contribution >= 0.6 is 11.6 Å². The van der Waals surface area contributed by atoms with Gasteiger partial charge in [0.15, 0.2) is 0 Å². The zero-order chi connectivity index (χ0) is 25.6. The molecule has 0 aliphatic carbocycles. The summed E-state index contributed by atoms with van der Waals surface area (Å²) in [6.07, 6.45) is 3.70. The first-order valence-electron chi connectivity index (χ1n) is 11.9. The van der Waals surface area contributed by atoms with Crippen molar-refractivity contribution in [3.8, 4) is 5.75 Å². The van der Waals surface area contributed by atoms with Crippen molar-refractivity contribution in [2.75, 3.05) is 12.0 Å². The van der Waals surface area contributed by atoms with Gasteiger partial charge in [-0.15, -0.1) is 0 Å². The summed E-state index contributed by atoms with van der Waals surface area (Å²) in [6.45, 7) is 6.56. The summed E-state index contributed by atoms with van der Waals surface area (Å²) in [7, 11) is 1.61. The number of hydrogen-bond acceptors (Lipinski definition) is 3. The van der Waals surface area contributed by atoms with E-state index in [1.54, 1.807) is 28.8 Å². The van der Waals surface area contributed by atoms with Crippen LogP contribution in [0.1, 0.15) is 58.7 Å². The predicted octanol–water partition coefficient (Wildman–Crippen LogP) is 6.00. The van der Waals surface area contributed by atoms with Gasteiger partial charge in [0.2, 0.25) is 0 Å². The molecule has 1 amide bonds. The van der Waals surface area contributed by atoms with Crippen LogP contribution in [0.4, 0.5) is 5.69 Å². The lowest BCUT2D eigenvalue weighted by Crippen LogP contribution is -2.32. The van der Waals surface area contributed by atoms with E-state index < -0.39 is 0 Å². The zero-order valence-electron chi connectivity index (χ0n) is 20.7. The first kappa shape index (κ1) is 23.9. The maximum absolute atomic E-state index is 13.8. The molecular formula is C29H28ClN3O3. The lowest BCUT2D eigenvalue weighted by Gasteiger charge is -2.28. The maximum Gasteiger partial charge on any atom is 0.269 e. The number of pyridine rings is 1. The molecule has 1 unspecified atom stereocenters. The van der Waals surface area contributed by atoms with Gasteiger partial charge in [-0.2, -0.15) is 0 Å². The van der Waals surface area contributed by atoms with E-state index in [1.165, 1.54) is 0 Å². The number of aromatic nitrogens is 2. The number of halogens is 1. The molecule has 7 heteroatoms. The van der Waals surface area contributed by atoms with Gasteiger partial charge in [-0.1, -0.05) is 53.6 Å². The standard InChI is InChI=1S/C29H28ClN3O3/c1-18(2)32-14-13-24-27(32)26(21-9-5-19(3)6-10-21)33(28(24)34)22-15-25(30)29(35)31(17-22)16-20-7-11-23(36-4)12-8-20/h5-15,17-18,26H,16H2,1-4H3. The fourth-order valence-electron chi connectivity index (χ4n) is 4.83. The lowest BCUT2D eigenvalue weighted by atomic mass is 10.0. The Kier molecular flexibility index (Phi) is 6.22. The average molecular weight is 502 g/mol. The second kappa shape index (κ2) is 9.36. The Bertz CT molecular complexity index is 1480. The monoisotopic (exact) mass is 501 g/mol. The Morgan fingerprint density at radius 3 is 2.33 bits per heavy atom. The molecule has 0 fully saturated rings. The zero-order valence-corrected chi connectivity index (χ0v) is 21.5. The Morgan fingerprint density at radius 2 is 1.69 bits per heavy atom. The molecule has 4 aromatic rings. The van der Waals surface area contributed by atoms with Crippen molar-refractivity contribution in [2.24, 2.45) is 0 Å². The number of nitrogens with zero attached hydrogens (tertiary/aromatic N) is 3. The van der Waals surface area contributed by atoms with Crippen LogP contribution in [0, 0.1) is 6.92 Å². The molecule has 184 valence electrons. The van der Waals surface area contributed by atoms with E-state index in [0.29, 0.717) is 17.8 Å². The van der Waals surface area contributed by atoms with Crippen molar-refractivity contribution in [2.45, 2.75) is 39.4 Å². The minimum atomic E-state index is -0.339. The molecule has 0 radical (unpaired) electrons. The summed E-state index contributed by atoms with van der Waals surface area (Å²) >= 11 is 6.44. The minimum absolute atomic E-state index is 0.0692. The van der Waals surface area contributed by atoms with E-state index >= 15 is 0 Å². The second-order valence-electron chi connectivity index (χ2n) is 9.43. The van der Waals surface area contributed by atoms with Crippen LogP contribution in [-0.4, -0.2) is 22.2 Å².